The number of ether oxygens (including phenoxy) is 3. The van der Waals surface area contributed by atoms with Gasteiger partial charge in [0, 0.05) is 11.6 Å². The van der Waals surface area contributed by atoms with E-state index in [0.29, 0.717) is 23.7 Å². The van der Waals surface area contributed by atoms with Crippen molar-refractivity contribution in [3.05, 3.63) is 59.1 Å². The first-order chi connectivity index (χ1) is 14.1. The van der Waals surface area contributed by atoms with Gasteiger partial charge in [0.1, 0.15) is 24.1 Å². The van der Waals surface area contributed by atoms with Crippen LogP contribution in [0.5, 0.6) is 0 Å². The van der Waals surface area contributed by atoms with Gasteiger partial charge in [-0.25, -0.2) is 4.79 Å². The standard InChI is InChI=1S/C24H33NO5/c1-18(11-10-14-25-23(27)30-24(4,5)6)22(29-20(3)16-26)15-19(2)28-17-21-12-8-7-9-13-21/h7-9,12-13,15,20,26H,14,16-17H2,1-6H3,(H,25,27). The van der Waals surface area contributed by atoms with E-state index in [1.807, 2.05) is 37.3 Å². The molecule has 1 aromatic carbocycles. The maximum atomic E-state index is 11.7. The van der Waals surface area contributed by atoms with Gasteiger partial charge in [-0.1, -0.05) is 42.2 Å². The minimum atomic E-state index is -0.559. The minimum absolute atomic E-state index is 0.123. The molecule has 164 valence electrons. The summed E-state index contributed by atoms with van der Waals surface area (Å²) in [5.74, 6) is 7.00. The predicted octanol–water partition coefficient (Wildman–Crippen LogP) is 4.31. The molecule has 0 radical (unpaired) electrons. The Bertz CT molecular complexity index is 794. The Labute approximate surface area is 179 Å². The Morgan fingerprint density at radius 2 is 1.90 bits per heavy atom. The van der Waals surface area contributed by atoms with Crippen LogP contribution in [-0.2, 0) is 20.8 Å². The third-order valence-electron chi connectivity index (χ3n) is 3.59. The molecule has 0 saturated carbocycles. The van der Waals surface area contributed by atoms with Gasteiger partial charge >= 0.3 is 6.09 Å². The quantitative estimate of drug-likeness (QED) is 0.376. The summed E-state index contributed by atoms with van der Waals surface area (Å²) >= 11 is 0. The second kappa shape index (κ2) is 12.6. The summed E-state index contributed by atoms with van der Waals surface area (Å²) in [6.45, 7) is 11.3. The number of alkyl carbamates (subject to hydrolysis) is 1. The molecule has 0 aromatic heterocycles. The number of carbonyl (C=O) groups is 1. The Morgan fingerprint density at radius 3 is 2.50 bits per heavy atom. The lowest BCUT2D eigenvalue weighted by Crippen LogP contribution is -2.32. The maximum absolute atomic E-state index is 11.7. The van der Waals surface area contributed by atoms with Crippen molar-refractivity contribution in [1.82, 2.24) is 5.32 Å². The molecule has 1 unspecified atom stereocenters. The molecular formula is C24H33NO5. The van der Waals surface area contributed by atoms with Gasteiger partial charge in [0.05, 0.1) is 18.9 Å². The topological polar surface area (TPSA) is 77.0 Å². The summed E-state index contributed by atoms with van der Waals surface area (Å²) in [5.41, 5.74) is 1.16. The monoisotopic (exact) mass is 415 g/mol. The Hall–Kier alpha value is -2.91. The summed E-state index contributed by atoms with van der Waals surface area (Å²) in [6.07, 6.45) is 0.837. The zero-order valence-corrected chi connectivity index (χ0v) is 18.7. The largest absolute Gasteiger partial charge is 0.493 e. The van der Waals surface area contributed by atoms with E-state index in [9.17, 15) is 9.90 Å². The lowest BCUT2D eigenvalue weighted by molar-refractivity contribution is 0.0535. The van der Waals surface area contributed by atoms with Crippen molar-refractivity contribution in [1.29, 1.82) is 0 Å². The summed E-state index contributed by atoms with van der Waals surface area (Å²) in [6, 6.07) is 9.85. The number of allylic oxidation sites excluding steroid dienone is 3. The van der Waals surface area contributed by atoms with Gasteiger partial charge < -0.3 is 24.6 Å². The van der Waals surface area contributed by atoms with Crippen LogP contribution in [-0.4, -0.2) is 36.1 Å². The molecule has 0 spiro atoms. The number of benzene rings is 1. The Balaban J connectivity index is 2.81. The highest BCUT2D eigenvalue weighted by molar-refractivity contribution is 5.68. The number of hydrogen-bond donors (Lipinski definition) is 2. The lowest BCUT2D eigenvalue weighted by atomic mass is 10.2. The molecule has 6 heteroatoms. The zero-order valence-electron chi connectivity index (χ0n) is 18.7. The van der Waals surface area contributed by atoms with Crippen LogP contribution in [0, 0.1) is 11.8 Å². The minimum Gasteiger partial charge on any atom is -0.493 e. The number of aliphatic hydroxyl groups excluding tert-OH is 1. The first-order valence-electron chi connectivity index (χ1n) is 9.90. The number of carbonyl (C=O) groups excluding carboxylic acids is 1. The van der Waals surface area contributed by atoms with E-state index >= 15 is 0 Å². The molecule has 1 aromatic rings. The van der Waals surface area contributed by atoms with Gasteiger partial charge in [-0.05, 0) is 47.1 Å². The third-order valence-corrected chi connectivity index (χ3v) is 3.59. The van der Waals surface area contributed by atoms with Crippen LogP contribution < -0.4 is 5.32 Å². The highest BCUT2D eigenvalue weighted by Gasteiger charge is 2.15. The number of rotatable bonds is 8. The molecule has 1 rings (SSSR count). The van der Waals surface area contributed by atoms with Crippen LogP contribution in [0.2, 0.25) is 0 Å². The number of amides is 1. The fraction of sp³-hybridized carbons (Fsp3) is 0.458. The molecule has 6 nitrogen and oxygen atoms in total. The second-order valence-electron chi connectivity index (χ2n) is 7.79. The third kappa shape index (κ3) is 11.2. The van der Waals surface area contributed by atoms with Crippen molar-refractivity contribution >= 4 is 6.09 Å². The molecule has 0 heterocycles. The van der Waals surface area contributed by atoms with E-state index in [4.69, 9.17) is 14.2 Å². The molecule has 1 amide bonds. The number of aliphatic hydroxyl groups is 1. The van der Waals surface area contributed by atoms with Crippen LogP contribution in [0.3, 0.4) is 0 Å². The van der Waals surface area contributed by atoms with Gasteiger partial charge in [-0.3, -0.25) is 0 Å². The normalized spacial score (nSPS) is 13.4. The first-order valence-corrected chi connectivity index (χ1v) is 9.90. The van der Waals surface area contributed by atoms with Crippen molar-refractivity contribution in [2.45, 2.75) is 59.9 Å². The molecule has 2 N–H and O–H groups in total. The average Bonchev–Trinajstić information content (AvgIpc) is 2.68. The van der Waals surface area contributed by atoms with Gasteiger partial charge in [-0.2, -0.15) is 0 Å². The molecule has 1 atom stereocenters. The van der Waals surface area contributed by atoms with Gasteiger partial charge in [0.15, 0.2) is 0 Å². The number of hydrogen-bond acceptors (Lipinski definition) is 5. The SMILES string of the molecule is CC(=CC(OC(C)CO)=C(C)C#CCNC(=O)OC(C)(C)C)OCc1ccccc1. The van der Waals surface area contributed by atoms with E-state index in [1.54, 1.807) is 40.7 Å². The van der Waals surface area contributed by atoms with Crippen molar-refractivity contribution < 1.29 is 24.1 Å². The maximum Gasteiger partial charge on any atom is 0.408 e. The van der Waals surface area contributed by atoms with Crippen LogP contribution in [0.1, 0.15) is 47.1 Å². The summed E-state index contributed by atoms with van der Waals surface area (Å²) in [4.78, 5) is 11.7. The van der Waals surface area contributed by atoms with E-state index in [1.165, 1.54) is 0 Å². The summed E-state index contributed by atoms with van der Waals surface area (Å²) in [7, 11) is 0. The molecule has 0 fully saturated rings. The fourth-order valence-corrected chi connectivity index (χ4v) is 2.15. The van der Waals surface area contributed by atoms with E-state index in [-0.39, 0.29) is 13.2 Å². The molecule has 0 aliphatic heterocycles. The molecule has 0 aliphatic rings. The van der Waals surface area contributed by atoms with Gasteiger partial charge in [0.2, 0.25) is 0 Å². The van der Waals surface area contributed by atoms with Crippen LogP contribution in [0.4, 0.5) is 4.79 Å². The highest BCUT2D eigenvalue weighted by Crippen LogP contribution is 2.15. The van der Waals surface area contributed by atoms with Crippen molar-refractivity contribution in [3.8, 4) is 11.8 Å². The molecule has 30 heavy (non-hydrogen) atoms. The van der Waals surface area contributed by atoms with Gasteiger partial charge in [-0.15, -0.1) is 0 Å². The zero-order chi connectivity index (χ0) is 22.6. The Kier molecular flexibility index (Phi) is 10.6. The van der Waals surface area contributed by atoms with Crippen molar-refractivity contribution in [2.75, 3.05) is 13.2 Å². The lowest BCUT2D eigenvalue weighted by Gasteiger charge is -2.19. The van der Waals surface area contributed by atoms with E-state index < -0.39 is 17.8 Å². The smallest absolute Gasteiger partial charge is 0.408 e. The summed E-state index contributed by atoms with van der Waals surface area (Å²) in [5, 5.41) is 11.9. The van der Waals surface area contributed by atoms with E-state index in [2.05, 4.69) is 17.2 Å². The average molecular weight is 416 g/mol. The van der Waals surface area contributed by atoms with E-state index in [0.717, 1.165) is 5.56 Å². The molecular weight excluding hydrogens is 382 g/mol. The molecule has 0 saturated heterocycles. The second-order valence-corrected chi connectivity index (χ2v) is 7.79. The molecule has 0 aliphatic carbocycles. The van der Waals surface area contributed by atoms with Crippen molar-refractivity contribution in [2.24, 2.45) is 0 Å². The number of nitrogens with one attached hydrogen (secondary N) is 1. The van der Waals surface area contributed by atoms with Crippen LogP contribution in [0.25, 0.3) is 0 Å². The van der Waals surface area contributed by atoms with Gasteiger partial charge in [0.25, 0.3) is 0 Å². The van der Waals surface area contributed by atoms with Crippen molar-refractivity contribution in [3.63, 3.8) is 0 Å². The predicted molar refractivity (Wildman–Crippen MR) is 117 cm³/mol. The molecule has 0 bridgehead atoms. The van der Waals surface area contributed by atoms with Crippen LogP contribution >= 0.6 is 0 Å². The first kappa shape index (κ1) is 25.1. The Morgan fingerprint density at radius 1 is 1.23 bits per heavy atom. The summed E-state index contributed by atoms with van der Waals surface area (Å²) < 4.78 is 16.7. The fourth-order valence-electron chi connectivity index (χ4n) is 2.15. The van der Waals surface area contributed by atoms with Crippen LogP contribution in [0.15, 0.2) is 53.5 Å². The highest BCUT2D eigenvalue weighted by atomic mass is 16.6.